The molecule has 0 spiro atoms. The molecular weight excluding hydrogens is 405 g/mol. The van der Waals surface area contributed by atoms with Crippen molar-refractivity contribution in [3.05, 3.63) is 83.8 Å². The van der Waals surface area contributed by atoms with Crippen molar-refractivity contribution in [3.8, 4) is 11.3 Å². The fraction of sp³-hybridized carbons (Fsp3) is 0.200. The van der Waals surface area contributed by atoms with Crippen molar-refractivity contribution in [3.63, 3.8) is 0 Å². The predicted octanol–water partition coefficient (Wildman–Crippen LogP) is 4.86. The molecule has 6 nitrogen and oxygen atoms in total. The number of pyridine rings is 2. The molecule has 0 unspecified atom stereocenters. The molecule has 1 aliphatic rings. The Morgan fingerprint density at radius 2 is 1.91 bits per heavy atom. The molecule has 3 heterocycles. The van der Waals surface area contributed by atoms with Crippen molar-refractivity contribution in [2.24, 2.45) is 0 Å². The molecule has 0 atom stereocenters. The van der Waals surface area contributed by atoms with Gasteiger partial charge in [0.1, 0.15) is 5.82 Å². The number of hydrogen-bond acceptors (Lipinski definition) is 6. The second-order valence-electron chi connectivity index (χ2n) is 8.54. The highest BCUT2D eigenvalue weighted by Crippen LogP contribution is 2.35. The third-order valence-electron chi connectivity index (χ3n) is 5.69. The highest BCUT2D eigenvalue weighted by molar-refractivity contribution is 5.79. The summed E-state index contributed by atoms with van der Waals surface area (Å²) in [6.07, 6.45) is 1.79. The standard InChI is InChI=1S/C25H24FN5O/c1-25(2,32)19-8-7-18(14-20(19)26)22-10-11-23-24(28-22)31(30(3)29-23)15-16-6-9-21-17(13-16)5-4-12-27-21/h4-14,29,32H,15H2,1-3H3. The van der Waals surface area contributed by atoms with E-state index in [1.807, 2.05) is 47.5 Å². The van der Waals surface area contributed by atoms with Crippen molar-refractivity contribution < 1.29 is 9.50 Å². The maximum atomic E-state index is 14.6. The molecule has 162 valence electrons. The van der Waals surface area contributed by atoms with E-state index in [4.69, 9.17) is 4.98 Å². The lowest BCUT2D eigenvalue weighted by Gasteiger charge is -2.25. The zero-order valence-electron chi connectivity index (χ0n) is 18.2. The Morgan fingerprint density at radius 3 is 2.69 bits per heavy atom. The van der Waals surface area contributed by atoms with Crippen LogP contribution in [0.2, 0.25) is 0 Å². The van der Waals surface area contributed by atoms with E-state index >= 15 is 0 Å². The van der Waals surface area contributed by atoms with Crippen molar-refractivity contribution in [2.45, 2.75) is 26.0 Å². The average molecular weight is 429 g/mol. The van der Waals surface area contributed by atoms with Gasteiger partial charge in [-0.15, -0.1) is 5.12 Å². The molecule has 0 radical (unpaired) electrons. The Balaban J connectivity index is 1.48. The molecule has 7 heteroatoms. The molecule has 2 N–H and O–H groups in total. The number of halogens is 1. The lowest BCUT2D eigenvalue weighted by molar-refractivity contribution is 0.0746. The summed E-state index contributed by atoms with van der Waals surface area (Å²) < 4.78 is 14.6. The Bertz CT molecular complexity index is 1320. The lowest BCUT2D eigenvalue weighted by Crippen LogP contribution is -2.37. The molecule has 0 fully saturated rings. The summed E-state index contributed by atoms with van der Waals surface area (Å²) in [4.78, 5) is 9.21. The molecule has 0 bridgehead atoms. The van der Waals surface area contributed by atoms with Gasteiger partial charge in [-0.2, -0.15) is 0 Å². The van der Waals surface area contributed by atoms with Crippen molar-refractivity contribution in [2.75, 3.05) is 17.5 Å². The molecule has 0 saturated carbocycles. The summed E-state index contributed by atoms with van der Waals surface area (Å²) in [5.74, 6) is 0.317. The number of rotatable bonds is 4. The van der Waals surface area contributed by atoms with E-state index in [9.17, 15) is 9.50 Å². The van der Waals surface area contributed by atoms with E-state index in [2.05, 4.69) is 22.5 Å². The summed E-state index contributed by atoms with van der Waals surface area (Å²) in [6.45, 7) is 3.76. The van der Waals surface area contributed by atoms with Crippen molar-refractivity contribution in [1.29, 1.82) is 0 Å². The first-order valence-corrected chi connectivity index (χ1v) is 10.4. The van der Waals surface area contributed by atoms with Crippen LogP contribution in [0.25, 0.3) is 22.2 Å². The first kappa shape index (κ1) is 20.4. The number of nitrogens with zero attached hydrogens (tertiary/aromatic N) is 4. The molecule has 2 aromatic heterocycles. The van der Waals surface area contributed by atoms with Crippen LogP contribution in [0, 0.1) is 5.82 Å². The van der Waals surface area contributed by atoms with Gasteiger partial charge in [0, 0.05) is 29.8 Å². The fourth-order valence-corrected chi connectivity index (χ4v) is 4.02. The van der Waals surface area contributed by atoms with E-state index in [0.29, 0.717) is 17.8 Å². The molecule has 0 aliphatic carbocycles. The minimum Gasteiger partial charge on any atom is -0.386 e. The maximum absolute atomic E-state index is 14.6. The molecule has 0 amide bonds. The van der Waals surface area contributed by atoms with Gasteiger partial charge in [-0.05, 0) is 55.8 Å². The summed E-state index contributed by atoms with van der Waals surface area (Å²) in [5, 5.41) is 15.2. The van der Waals surface area contributed by atoms with Crippen LogP contribution in [0.4, 0.5) is 15.9 Å². The fourth-order valence-electron chi connectivity index (χ4n) is 4.02. The van der Waals surface area contributed by atoms with Gasteiger partial charge in [0.05, 0.1) is 29.0 Å². The van der Waals surface area contributed by atoms with Gasteiger partial charge in [-0.3, -0.25) is 15.4 Å². The summed E-state index contributed by atoms with van der Waals surface area (Å²) in [6, 6.07) is 18.8. The van der Waals surface area contributed by atoms with Crippen LogP contribution in [0.1, 0.15) is 25.0 Å². The zero-order valence-corrected chi connectivity index (χ0v) is 18.2. The van der Waals surface area contributed by atoms with Crippen LogP contribution in [-0.4, -0.2) is 27.2 Å². The first-order valence-electron chi connectivity index (χ1n) is 10.4. The first-order chi connectivity index (χ1) is 15.3. The Kier molecular flexibility index (Phi) is 4.80. The van der Waals surface area contributed by atoms with E-state index in [1.165, 1.54) is 6.07 Å². The molecule has 0 saturated heterocycles. The van der Waals surface area contributed by atoms with Crippen molar-refractivity contribution >= 4 is 22.4 Å². The van der Waals surface area contributed by atoms with E-state index in [0.717, 1.165) is 28.0 Å². The zero-order chi connectivity index (χ0) is 22.5. The molecule has 2 aromatic carbocycles. The minimum absolute atomic E-state index is 0.260. The van der Waals surface area contributed by atoms with E-state index in [1.54, 1.807) is 32.2 Å². The number of aromatic nitrogens is 2. The summed E-state index contributed by atoms with van der Waals surface area (Å²) in [5.41, 5.74) is 6.60. The number of anilines is 2. The number of nitrogens with one attached hydrogen (secondary N) is 1. The largest absolute Gasteiger partial charge is 0.386 e. The van der Waals surface area contributed by atoms with E-state index < -0.39 is 11.4 Å². The number of fused-ring (bicyclic) bond motifs is 2. The summed E-state index contributed by atoms with van der Waals surface area (Å²) in [7, 11) is 1.93. The summed E-state index contributed by atoms with van der Waals surface area (Å²) >= 11 is 0. The van der Waals surface area contributed by atoms with Crippen LogP contribution in [0.15, 0.2) is 66.9 Å². The Hall–Kier alpha value is -3.55. The quantitative estimate of drug-likeness (QED) is 0.483. The van der Waals surface area contributed by atoms with Gasteiger partial charge >= 0.3 is 0 Å². The van der Waals surface area contributed by atoms with Gasteiger partial charge in [0.2, 0.25) is 0 Å². The second kappa shape index (κ2) is 7.55. The maximum Gasteiger partial charge on any atom is 0.170 e. The van der Waals surface area contributed by atoms with Gasteiger partial charge in [-0.1, -0.05) is 24.3 Å². The van der Waals surface area contributed by atoms with Crippen LogP contribution >= 0.6 is 0 Å². The van der Waals surface area contributed by atoms with E-state index in [-0.39, 0.29) is 5.56 Å². The SMILES string of the molecule is CN1Nc2ccc(-c3ccc(C(C)(C)O)c(F)c3)nc2N1Cc1ccc2ncccc2c1. The monoisotopic (exact) mass is 429 g/mol. The van der Waals surface area contributed by atoms with Gasteiger partial charge in [-0.25, -0.2) is 9.37 Å². The van der Waals surface area contributed by atoms with Gasteiger partial charge in [0.25, 0.3) is 0 Å². The predicted molar refractivity (Wildman–Crippen MR) is 124 cm³/mol. The second-order valence-corrected chi connectivity index (χ2v) is 8.54. The average Bonchev–Trinajstić information content (AvgIpc) is 3.07. The van der Waals surface area contributed by atoms with Crippen LogP contribution in [0.3, 0.4) is 0 Å². The normalized spacial score (nSPS) is 14.0. The molecular formula is C25H24FN5O. The minimum atomic E-state index is -1.24. The smallest absolute Gasteiger partial charge is 0.170 e. The number of hydrazine groups is 2. The Labute approximate surface area is 185 Å². The Morgan fingerprint density at radius 1 is 1.06 bits per heavy atom. The number of benzene rings is 2. The number of hydrogen-bond donors (Lipinski definition) is 2. The third kappa shape index (κ3) is 3.66. The molecule has 1 aliphatic heterocycles. The molecule has 4 aromatic rings. The van der Waals surface area contributed by atoms with Crippen LogP contribution in [0.5, 0.6) is 0 Å². The third-order valence-corrected chi connectivity index (χ3v) is 5.69. The topological polar surface area (TPSA) is 64.5 Å². The number of aliphatic hydroxyl groups is 1. The van der Waals surface area contributed by atoms with Crippen LogP contribution < -0.4 is 10.4 Å². The molecule has 5 rings (SSSR count). The highest BCUT2D eigenvalue weighted by Gasteiger charge is 2.27. The van der Waals surface area contributed by atoms with Gasteiger partial charge in [0.15, 0.2) is 5.82 Å². The van der Waals surface area contributed by atoms with Crippen molar-refractivity contribution in [1.82, 2.24) is 15.1 Å². The highest BCUT2D eigenvalue weighted by atomic mass is 19.1. The molecule has 32 heavy (non-hydrogen) atoms. The van der Waals surface area contributed by atoms with Crippen LogP contribution in [-0.2, 0) is 12.1 Å². The van der Waals surface area contributed by atoms with Gasteiger partial charge < -0.3 is 5.11 Å². The lowest BCUT2D eigenvalue weighted by atomic mass is 9.96.